The zero-order chi connectivity index (χ0) is 11.3. The van der Waals surface area contributed by atoms with E-state index >= 15 is 0 Å². The van der Waals surface area contributed by atoms with Gasteiger partial charge in [0, 0.05) is 5.69 Å². The van der Waals surface area contributed by atoms with Crippen molar-refractivity contribution < 1.29 is 9.94 Å². The summed E-state index contributed by atoms with van der Waals surface area (Å²) in [6.45, 7) is 1.80. The first kappa shape index (κ1) is 11.2. The molecule has 82 valence electrons. The van der Waals surface area contributed by atoms with Crippen LogP contribution in [0.5, 0.6) is 5.75 Å². The first-order valence-corrected chi connectivity index (χ1v) is 4.55. The van der Waals surface area contributed by atoms with Gasteiger partial charge in [-0.3, -0.25) is 0 Å². The number of hydrogen-bond acceptors (Lipinski definition) is 4. The van der Waals surface area contributed by atoms with E-state index in [1.54, 1.807) is 14.0 Å². The van der Waals surface area contributed by atoms with Crippen molar-refractivity contribution >= 4 is 11.5 Å². The van der Waals surface area contributed by atoms with Crippen molar-refractivity contribution in [3.05, 3.63) is 24.3 Å². The van der Waals surface area contributed by atoms with Crippen molar-refractivity contribution in [1.82, 2.24) is 0 Å². The highest BCUT2D eigenvalue weighted by atomic mass is 16.5. The van der Waals surface area contributed by atoms with Crippen molar-refractivity contribution in [2.75, 3.05) is 12.4 Å². The van der Waals surface area contributed by atoms with Gasteiger partial charge in [0.05, 0.1) is 13.2 Å². The molecule has 0 spiro atoms. The number of ether oxygens (including phenoxy) is 1. The van der Waals surface area contributed by atoms with Gasteiger partial charge in [0.15, 0.2) is 5.84 Å². The summed E-state index contributed by atoms with van der Waals surface area (Å²) < 4.78 is 5.03. The molecule has 5 heteroatoms. The Bertz CT molecular complexity index is 335. The molecule has 1 aromatic rings. The van der Waals surface area contributed by atoms with Gasteiger partial charge in [-0.25, -0.2) is 0 Å². The first-order valence-electron chi connectivity index (χ1n) is 4.55. The van der Waals surface area contributed by atoms with Crippen LogP contribution in [0.2, 0.25) is 0 Å². The second-order valence-corrected chi connectivity index (χ2v) is 3.12. The summed E-state index contributed by atoms with van der Waals surface area (Å²) >= 11 is 0. The van der Waals surface area contributed by atoms with Crippen LogP contribution in [-0.2, 0) is 0 Å². The third-order valence-corrected chi connectivity index (χ3v) is 2.03. The smallest absolute Gasteiger partial charge is 0.161 e. The average molecular weight is 209 g/mol. The molecule has 0 saturated carbocycles. The predicted molar refractivity (Wildman–Crippen MR) is 59.5 cm³/mol. The summed E-state index contributed by atoms with van der Waals surface area (Å²) in [6, 6.07) is 7.17. The molecular weight excluding hydrogens is 194 g/mol. The Labute approximate surface area is 88.5 Å². The van der Waals surface area contributed by atoms with Crippen LogP contribution in [0, 0.1) is 0 Å². The van der Waals surface area contributed by atoms with Gasteiger partial charge in [-0.1, -0.05) is 5.16 Å². The summed E-state index contributed by atoms with van der Waals surface area (Å²) in [5.41, 5.74) is 6.32. The fraction of sp³-hybridized carbons (Fsp3) is 0.300. The molecular formula is C10H15N3O2. The average Bonchev–Trinajstić information content (AvgIpc) is 2.29. The second kappa shape index (κ2) is 5.09. The molecule has 1 unspecified atom stereocenters. The lowest BCUT2D eigenvalue weighted by atomic mass is 10.2. The van der Waals surface area contributed by atoms with E-state index in [1.165, 1.54) is 0 Å². The highest BCUT2D eigenvalue weighted by molar-refractivity contribution is 5.87. The van der Waals surface area contributed by atoms with Crippen LogP contribution in [-0.4, -0.2) is 24.2 Å². The third kappa shape index (κ3) is 3.05. The lowest BCUT2D eigenvalue weighted by molar-refractivity contribution is 0.316. The molecule has 5 nitrogen and oxygen atoms in total. The molecule has 0 fully saturated rings. The van der Waals surface area contributed by atoms with Gasteiger partial charge >= 0.3 is 0 Å². The van der Waals surface area contributed by atoms with Gasteiger partial charge in [-0.05, 0) is 31.2 Å². The van der Waals surface area contributed by atoms with Crippen molar-refractivity contribution in [1.29, 1.82) is 0 Å². The molecule has 1 aromatic carbocycles. The molecule has 1 atom stereocenters. The SMILES string of the molecule is COc1ccc(NC(C)C(N)=NO)cc1. The van der Waals surface area contributed by atoms with Gasteiger partial charge in [-0.2, -0.15) is 0 Å². The molecule has 0 bridgehead atoms. The highest BCUT2D eigenvalue weighted by Crippen LogP contribution is 2.15. The standard InChI is InChI=1S/C10H15N3O2/c1-7(10(11)13-14)12-8-3-5-9(15-2)6-4-8/h3-7,12,14H,1-2H3,(H2,11,13). The van der Waals surface area contributed by atoms with Gasteiger partial charge < -0.3 is 21.0 Å². The number of oxime groups is 1. The number of amidine groups is 1. The van der Waals surface area contributed by atoms with E-state index < -0.39 is 0 Å². The first-order chi connectivity index (χ1) is 7.17. The number of rotatable bonds is 4. The number of nitrogens with one attached hydrogen (secondary N) is 1. The van der Waals surface area contributed by atoms with Crippen LogP contribution < -0.4 is 15.8 Å². The molecule has 0 amide bonds. The molecule has 0 aliphatic heterocycles. The molecule has 0 aromatic heterocycles. The normalized spacial score (nSPS) is 13.3. The van der Waals surface area contributed by atoms with Crippen LogP contribution in [0.15, 0.2) is 29.4 Å². The number of hydrogen-bond donors (Lipinski definition) is 3. The van der Waals surface area contributed by atoms with Crippen LogP contribution in [0.4, 0.5) is 5.69 Å². The Morgan fingerprint density at radius 1 is 1.47 bits per heavy atom. The minimum atomic E-state index is -0.219. The number of methoxy groups -OCH3 is 1. The van der Waals surface area contributed by atoms with Gasteiger partial charge in [0.2, 0.25) is 0 Å². The van der Waals surface area contributed by atoms with Crippen LogP contribution in [0.25, 0.3) is 0 Å². The zero-order valence-corrected chi connectivity index (χ0v) is 8.77. The molecule has 15 heavy (non-hydrogen) atoms. The monoisotopic (exact) mass is 209 g/mol. The minimum absolute atomic E-state index is 0.144. The zero-order valence-electron chi connectivity index (χ0n) is 8.77. The number of anilines is 1. The number of benzene rings is 1. The Hall–Kier alpha value is -1.91. The van der Waals surface area contributed by atoms with E-state index in [-0.39, 0.29) is 11.9 Å². The molecule has 0 radical (unpaired) electrons. The maximum absolute atomic E-state index is 8.47. The molecule has 0 aliphatic carbocycles. The van der Waals surface area contributed by atoms with Crippen LogP contribution in [0.1, 0.15) is 6.92 Å². The van der Waals surface area contributed by atoms with Crippen LogP contribution >= 0.6 is 0 Å². The van der Waals surface area contributed by atoms with E-state index in [4.69, 9.17) is 15.7 Å². The molecule has 0 heterocycles. The molecule has 0 aliphatic rings. The van der Waals surface area contributed by atoms with E-state index in [0.29, 0.717) is 0 Å². The van der Waals surface area contributed by atoms with Gasteiger partial charge in [0.25, 0.3) is 0 Å². The summed E-state index contributed by atoms with van der Waals surface area (Å²) in [5.74, 6) is 0.933. The molecule has 4 N–H and O–H groups in total. The molecule has 1 rings (SSSR count). The largest absolute Gasteiger partial charge is 0.497 e. The Balaban J connectivity index is 2.65. The summed E-state index contributed by atoms with van der Waals surface area (Å²) in [4.78, 5) is 0. The van der Waals surface area contributed by atoms with Crippen molar-refractivity contribution in [3.8, 4) is 5.75 Å². The fourth-order valence-electron chi connectivity index (χ4n) is 1.10. The van der Waals surface area contributed by atoms with Crippen LogP contribution in [0.3, 0.4) is 0 Å². The Morgan fingerprint density at radius 2 is 2.07 bits per heavy atom. The number of nitrogens with two attached hydrogens (primary N) is 1. The maximum Gasteiger partial charge on any atom is 0.161 e. The third-order valence-electron chi connectivity index (χ3n) is 2.03. The summed E-state index contributed by atoms with van der Waals surface area (Å²) in [5, 5.41) is 14.5. The highest BCUT2D eigenvalue weighted by Gasteiger charge is 2.06. The van der Waals surface area contributed by atoms with E-state index in [1.807, 2.05) is 24.3 Å². The van der Waals surface area contributed by atoms with Gasteiger partial charge in [-0.15, -0.1) is 0 Å². The minimum Gasteiger partial charge on any atom is -0.497 e. The second-order valence-electron chi connectivity index (χ2n) is 3.12. The van der Waals surface area contributed by atoms with E-state index in [2.05, 4.69) is 10.5 Å². The maximum atomic E-state index is 8.47. The van der Waals surface area contributed by atoms with E-state index in [9.17, 15) is 0 Å². The molecule has 0 saturated heterocycles. The Morgan fingerprint density at radius 3 is 2.53 bits per heavy atom. The predicted octanol–water partition coefficient (Wildman–Crippen LogP) is 1.24. The fourth-order valence-corrected chi connectivity index (χ4v) is 1.10. The van der Waals surface area contributed by atoms with E-state index in [0.717, 1.165) is 11.4 Å². The van der Waals surface area contributed by atoms with Crippen molar-refractivity contribution in [2.24, 2.45) is 10.9 Å². The lowest BCUT2D eigenvalue weighted by Gasteiger charge is -2.13. The number of nitrogens with zero attached hydrogens (tertiary/aromatic N) is 1. The van der Waals surface area contributed by atoms with Gasteiger partial charge in [0.1, 0.15) is 5.75 Å². The lowest BCUT2D eigenvalue weighted by Crippen LogP contribution is -2.32. The Kier molecular flexibility index (Phi) is 3.79. The van der Waals surface area contributed by atoms with Crippen molar-refractivity contribution in [2.45, 2.75) is 13.0 Å². The topological polar surface area (TPSA) is 79.9 Å². The summed E-state index contributed by atoms with van der Waals surface area (Å²) in [7, 11) is 1.61. The summed E-state index contributed by atoms with van der Waals surface area (Å²) in [6.07, 6.45) is 0. The van der Waals surface area contributed by atoms with Crippen molar-refractivity contribution in [3.63, 3.8) is 0 Å². The quantitative estimate of drug-likeness (QED) is 0.302.